The summed E-state index contributed by atoms with van der Waals surface area (Å²) in [5.41, 5.74) is 7.46. The summed E-state index contributed by atoms with van der Waals surface area (Å²) in [5, 5.41) is 8.94. The van der Waals surface area contributed by atoms with E-state index in [0.29, 0.717) is 5.69 Å². The van der Waals surface area contributed by atoms with Crippen molar-refractivity contribution in [1.82, 2.24) is 9.88 Å². The fraction of sp³-hybridized carbons (Fsp3) is 0.500. The zero-order valence-corrected chi connectivity index (χ0v) is 9.26. The zero-order valence-electron chi connectivity index (χ0n) is 9.26. The van der Waals surface area contributed by atoms with Crippen molar-refractivity contribution in [2.24, 2.45) is 5.73 Å². The Hall–Kier alpha value is -1.44. The molecule has 2 rings (SSSR count). The van der Waals surface area contributed by atoms with Crippen molar-refractivity contribution in [3.63, 3.8) is 0 Å². The summed E-state index contributed by atoms with van der Waals surface area (Å²) in [5.74, 6) is 0. The van der Waals surface area contributed by atoms with E-state index in [0.717, 1.165) is 38.0 Å². The summed E-state index contributed by atoms with van der Waals surface area (Å²) >= 11 is 0. The molecule has 0 spiro atoms. The van der Waals surface area contributed by atoms with Gasteiger partial charge in [-0.15, -0.1) is 0 Å². The average molecular weight is 216 g/mol. The number of likely N-dealkylation sites (tertiary alicyclic amines) is 1. The molecule has 1 aromatic rings. The van der Waals surface area contributed by atoms with Gasteiger partial charge in [-0.25, -0.2) is 4.98 Å². The van der Waals surface area contributed by atoms with Crippen molar-refractivity contribution >= 4 is 0 Å². The fourth-order valence-corrected chi connectivity index (χ4v) is 2.14. The van der Waals surface area contributed by atoms with Crippen LogP contribution in [0.2, 0.25) is 0 Å². The van der Waals surface area contributed by atoms with E-state index in [1.54, 1.807) is 6.20 Å². The van der Waals surface area contributed by atoms with E-state index in [4.69, 9.17) is 11.0 Å². The summed E-state index contributed by atoms with van der Waals surface area (Å²) in [4.78, 5) is 6.36. The normalized spacial score (nSPS) is 21.6. The number of nitrogens with zero attached hydrogens (tertiary/aromatic N) is 3. The number of hydrogen-bond acceptors (Lipinski definition) is 4. The van der Waals surface area contributed by atoms with Crippen molar-refractivity contribution in [3.8, 4) is 6.07 Å². The van der Waals surface area contributed by atoms with Gasteiger partial charge >= 0.3 is 0 Å². The Labute approximate surface area is 95.7 Å². The molecule has 1 aliphatic rings. The van der Waals surface area contributed by atoms with E-state index in [9.17, 15) is 0 Å². The maximum atomic E-state index is 8.94. The fourth-order valence-electron chi connectivity index (χ4n) is 2.14. The molecule has 0 radical (unpaired) electrons. The highest BCUT2D eigenvalue weighted by Crippen LogP contribution is 2.13. The van der Waals surface area contributed by atoms with Crippen LogP contribution in [0.25, 0.3) is 0 Å². The maximum absolute atomic E-state index is 8.94. The number of pyridine rings is 1. The van der Waals surface area contributed by atoms with E-state index >= 15 is 0 Å². The molecule has 1 saturated heterocycles. The van der Waals surface area contributed by atoms with Gasteiger partial charge in [0.25, 0.3) is 0 Å². The van der Waals surface area contributed by atoms with E-state index in [1.807, 2.05) is 12.1 Å². The van der Waals surface area contributed by atoms with Crippen LogP contribution in [0.1, 0.15) is 24.1 Å². The summed E-state index contributed by atoms with van der Waals surface area (Å²) in [7, 11) is 0. The third-order valence-electron chi connectivity index (χ3n) is 2.93. The molecule has 0 saturated carbocycles. The molecule has 0 amide bonds. The quantitative estimate of drug-likeness (QED) is 0.796. The van der Waals surface area contributed by atoms with Crippen LogP contribution in [0.4, 0.5) is 0 Å². The summed E-state index contributed by atoms with van der Waals surface area (Å²) in [6, 6.07) is 6.24. The third kappa shape index (κ3) is 2.57. The minimum atomic E-state index is 0.274. The standard InChI is InChI=1S/C12H16N4/c13-7-12-10(3-1-5-15-12)8-16-6-2-4-11(14)9-16/h1,3,5,11H,2,4,6,8-9,14H2. The second-order valence-electron chi connectivity index (χ2n) is 4.26. The Morgan fingerprint density at radius 1 is 1.62 bits per heavy atom. The number of nitrogens with two attached hydrogens (primary N) is 1. The van der Waals surface area contributed by atoms with Gasteiger partial charge in [0.05, 0.1) is 0 Å². The Morgan fingerprint density at radius 2 is 2.50 bits per heavy atom. The molecule has 2 N–H and O–H groups in total. The lowest BCUT2D eigenvalue weighted by Crippen LogP contribution is -2.42. The van der Waals surface area contributed by atoms with Gasteiger partial charge in [0.15, 0.2) is 0 Å². The summed E-state index contributed by atoms with van der Waals surface area (Å²) in [6.45, 7) is 2.76. The monoisotopic (exact) mass is 216 g/mol. The van der Waals surface area contributed by atoms with Crippen LogP contribution in [0.3, 0.4) is 0 Å². The molecule has 4 heteroatoms. The van der Waals surface area contributed by atoms with E-state index < -0.39 is 0 Å². The first-order valence-corrected chi connectivity index (χ1v) is 5.61. The molecule has 1 aliphatic heterocycles. The first-order valence-electron chi connectivity index (χ1n) is 5.61. The Morgan fingerprint density at radius 3 is 3.25 bits per heavy atom. The van der Waals surface area contributed by atoms with Gasteiger partial charge in [-0.3, -0.25) is 4.90 Å². The molecule has 16 heavy (non-hydrogen) atoms. The molecular formula is C12H16N4. The highest BCUT2D eigenvalue weighted by atomic mass is 15.1. The molecule has 1 fully saturated rings. The smallest absolute Gasteiger partial charge is 0.144 e. The largest absolute Gasteiger partial charge is 0.327 e. The van der Waals surface area contributed by atoms with Gasteiger partial charge in [0.2, 0.25) is 0 Å². The Balaban J connectivity index is 2.06. The first kappa shape index (κ1) is 11.1. The van der Waals surface area contributed by atoms with Crippen LogP contribution in [-0.2, 0) is 6.54 Å². The molecule has 1 unspecified atom stereocenters. The van der Waals surface area contributed by atoms with Crippen molar-refractivity contribution < 1.29 is 0 Å². The molecule has 0 aromatic carbocycles. The highest BCUT2D eigenvalue weighted by Gasteiger charge is 2.17. The van der Waals surface area contributed by atoms with E-state index in [2.05, 4.69) is 16.0 Å². The minimum Gasteiger partial charge on any atom is -0.327 e. The van der Waals surface area contributed by atoms with Gasteiger partial charge in [-0.2, -0.15) is 5.26 Å². The lowest BCUT2D eigenvalue weighted by atomic mass is 10.1. The molecule has 4 nitrogen and oxygen atoms in total. The number of aromatic nitrogens is 1. The predicted molar refractivity (Wildman–Crippen MR) is 61.4 cm³/mol. The Kier molecular flexibility index (Phi) is 3.50. The summed E-state index contributed by atoms with van der Waals surface area (Å²) in [6.07, 6.45) is 3.90. The number of rotatable bonds is 2. The first-order chi connectivity index (χ1) is 7.79. The predicted octanol–water partition coefficient (Wildman–Crippen LogP) is 0.876. The average Bonchev–Trinajstić information content (AvgIpc) is 2.30. The van der Waals surface area contributed by atoms with Crippen LogP contribution in [0.5, 0.6) is 0 Å². The topological polar surface area (TPSA) is 65.9 Å². The SMILES string of the molecule is N#Cc1ncccc1CN1CCCC(N)C1. The number of nitriles is 1. The van der Waals surface area contributed by atoms with Crippen molar-refractivity contribution in [2.45, 2.75) is 25.4 Å². The van der Waals surface area contributed by atoms with Gasteiger partial charge in [-0.1, -0.05) is 6.07 Å². The molecule has 1 aromatic heterocycles. The second kappa shape index (κ2) is 5.06. The lowest BCUT2D eigenvalue weighted by Gasteiger charge is -2.30. The van der Waals surface area contributed by atoms with Gasteiger partial charge in [-0.05, 0) is 25.5 Å². The van der Waals surface area contributed by atoms with Crippen molar-refractivity contribution in [3.05, 3.63) is 29.6 Å². The number of hydrogen-bond donors (Lipinski definition) is 1. The molecule has 0 aliphatic carbocycles. The summed E-state index contributed by atoms with van der Waals surface area (Å²) < 4.78 is 0. The van der Waals surface area contributed by atoms with Crippen LogP contribution in [-0.4, -0.2) is 29.0 Å². The van der Waals surface area contributed by atoms with Crippen molar-refractivity contribution in [1.29, 1.82) is 5.26 Å². The molecular weight excluding hydrogens is 200 g/mol. The van der Waals surface area contributed by atoms with Gasteiger partial charge in [0, 0.05) is 30.9 Å². The van der Waals surface area contributed by atoms with Crippen LogP contribution >= 0.6 is 0 Å². The highest BCUT2D eigenvalue weighted by molar-refractivity contribution is 5.30. The zero-order chi connectivity index (χ0) is 11.4. The lowest BCUT2D eigenvalue weighted by molar-refractivity contribution is 0.201. The Bertz CT molecular complexity index is 396. The maximum Gasteiger partial charge on any atom is 0.144 e. The van der Waals surface area contributed by atoms with Gasteiger partial charge < -0.3 is 5.73 Å². The number of piperidine rings is 1. The van der Waals surface area contributed by atoms with Gasteiger partial charge in [0.1, 0.15) is 11.8 Å². The minimum absolute atomic E-state index is 0.274. The van der Waals surface area contributed by atoms with E-state index in [1.165, 1.54) is 0 Å². The second-order valence-corrected chi connectivity index (χ2v) is 4.26. The molecule has 2 heterocycles. The molecule has 84 valence electrons. The van der Waals surface area contributed by atoms with Crippen LogP contribution in [0, 0.1) is 11.3 Å². The van der Waals surface area contributed by atoms with Crippen LogP contribution < -0.4 is 5.73 Å². The molecule has 0 bridgehead atoms. The van der Waals surface area contributed by atoms with E-state index in [-0.39, 0.29) is 6.04 Å². The molecule has 1 atom stereocenters. The third-order valence-corrected chi connectivity index (χ3v) is 2.93. The van der Waals surface area contributed by atoms with Crippen molar-refractivity contribution in [2.75, 3.05) is 13.1 Å². The van der Waals surface area contributed by atoms with Crippen LogP contribution in [0.15, 0.2) is 18.3 Å².